The van der Waals surface area contributed by atoms with Crippen LogP contribution in [0.25, 0.3) is 0 Å². The highest BCUT2D eigenvalue weighted by Gasteiger charge is 2.38. The monoisotopic (exact) mass is 288 g/mol. The van der Waals surface area contributed by atoms with E-state index in [1.165, 1.54) is 12.3 Å². The molecule has 0 spiro atoms. The van der Waals surface area contributed by atoms with Gasteiger partial charge in [-0.15, -0.1) is 0 Å². The SMILES string of the molecule is CCOC(=O)c1cc(S(=O)(=O)NC2(C)COC2)c[nH]1. The molecule has 2 heterocycles. The Hall–Kier alpha value is -1.38. The molecule has 1 aromatic rings. The Morgan fingerprint density at radius 3 is 2.79 bits per heavy atom. The molecular formula is C11H16N2O5S. The van der Waals surface area contributed by atoms with Crippen molar-refractivity contribution in [3.05, 3.63) is 18.0 Å². The van der Waals surface area contributed by atoms with Crippen molar-refractivity contribution in [2.75, 3.05) is 19.8 Å². The second-order valence-electron chi connectivity index (χ2n) is 4.63. The number of rotatable bonds is 5. The summed E-state index contributed by atoms with van der Waals surface area (Å²) in [6.07, 6.45) is 1.26. The number of aromatic nitrogens is 1. The number of carbonyl (C=O) groups is 1. The average Bonchev–Trinajstić information content (AvgIpc) is 2.76. The van der Waals surface area contributed by atoms with Gasteiger partial charge < -0.3 is 14.5 Å². The van der Waals surface area contributed by atoms with Crippen LogP contribution in [0.2, 0.25) is 0 Å². The normalized spacial score (nSPS) is 17.8. The van der Waals surface area contributed by atoms with Crippen LogP contribution in [0, 0.1) is 0 Å². The van der Waals surface area contributed by atoms with Gasteiger partial charge in [-0.2, -0.15) is 0 Å². The van der Waals surface area contributed by atoms with E-state index in [1.54, 1.807) is 13.8 Å². The molecule has 1 aliphatic heterocycles. The minimum Gasteiger partial charge on any atom is -0.461 e. The van der Waals surface area contributed by atoms with Gasteiger partial charge in [0.25, 0.3) is 0 Å². The predicted molar refractivity (Wildman–Crippen MR) is 66.3 cm³/mol. The lowest BCUT2D eigenvalue weighted by molar-refractivity contribution is -0.0523. The molecule has 0 bridgehead atoms. The van der Waals surface area contributed by atoms with Crippen LogP contribution in [0.15, 0.2) is 17.2 Å². The molecule has 0 unspecified atom stereocenters. The maximum Gasteiger partial charge on any atom is 0.354 e. The predicted octanol–water partition coefficient (Wildman–Crippen LogP) is 0.259. The quantitative estimate of drug-likeness (QED) is 0.757. The van der Waals surface area contributed by atoms with E-state index in [4.69, 9.17) is 9.47 Å². The fourth-order valence-electron chi connectivity index (χ4n) is 1.71. The van der Waals surface area contributed by atoms with Gasteiger partial charge in [0.1, 0.15) is 10.6 Å². The Labute approximate surface area is 111 Å². The Morgan fingerprint density at radius 2 is 2.26 bits per heavy atom. The molecule has 7 nitrogen and oxygen atoms in total. The minimum absolute atomic E-state index is 0.00341. The first-order valence-corrected chi connectivity index (χ1v) is 7.32. The van der Waals surface area contributed by atoms with E-state index in [0.717, 1.165) is 0 Å². The summed E-state index contributed by atoms with van der Waals surface area (Å²) in [6, 6.07) is 1.25. The summed E-state index contributed by atoms with van der Waals surface area (Å²) < 4.78 is 36.5. The molecule has 1 aliphatic rings. The van der Waals surface area contributed by atoms with Crippen molar-refractivity contribution in [3.8, 4) is 0 Å². The van der Waals surface area contributed by atoms with Crippen molar-refractivity contribution in [1.29, 1.82) is 0 Å². The van der Waals surface area contributed by atoms with Crippen LogP contribution < -0.4 is 4.72 Å². The van der Waals surface area contributed by atoms with E-state index in [0.29, 0.717) is 13.2 Å². The van der Waals surface area contributed by atoms with Crippen molar-refractivity contribution in [1.82, 2.24) is 9.71 Å². The fourth-order valence-corrected chi connectivity index (χ4v) is 3.08. The maximum atomic E-state index is 12.1. The highest BCUT2D eigenvalue weighted by Crippen LogP contribution is 2.20. The minimum atomic E-state index is -3.68. The molecular weight excluding hydrogens is 272 g/mol. The van der Waals surface area contributed by atoms with Gasteiger partial charge in [0, 0.05) is 6.20 Å². The number of aromatic amines is 1. The van der Waals surface area contributed by atoms with Crippen LogP contribution in [-0.4, -0.2) is 44.7 Å². The van der Waals surface area contributed by atoms with Crippen LogP contribution in [0.3, 0.4) is 0 Å². The first-order chi connectivity index (χ1) is 8.86. The van der Waals surface area contributed by atoms with E-state index in [1.807, 2.05) is 0 Å². The highest BCUT2D eigenvalue weighted by molar-refractivity contribution is 7.89. The van der Waals surface area contributed by atoms with Gasteiger partial charge in [-0.1, -0.05) is 0 Å². The summed E-state index contributed by atoms with van der Waals surface area (Å²) in [4.78, 5) is 14.0. The van der Waals surface area contributed by atoms with Crippen LogP contribution >= 0.6 is 0 Å². The number of hydrogen-bond acceptors (Lipinski definition) is 5. The third-order valence-corrected chi connectivity index (χ3v) is 4.30. The van der Waals surface area contributed by atoms with E-state index in [2.05, 4.69) is 9.71 Å². The van der Waals surface area contributed by atoms with Gasteiger partial charge in [0.05, 0.1) is 25.4 Å². The fraction of sp³-hybridized carbons (Fsp3) is 0.545. The second-order valence-corrected chi connectivity index (χ2v) is 6.31. The van der Waals surface area contributed by atoms with E-state index < -0.39 is 21.5 Å². The molecule has 2 N–H and O–H groups in total. The van der Waals surface area contributed by atoms with Gasteiger partial charge in [-0.05, 0) is 19.9 Å². The Morgan fingerprint density at radius 1 is 1.58 bits per heavy atom. The van der Waals surface area contributed by atoms with Gasteiger partial charge in [0.15, 0.2) is 0 Å². The molecule has 106 valence electrons. The topological polar surface area (TPSA) is 97.5 Å². The summed E-state index contributed by atoms with van der Waals surface area (Å²) in [7, 11) is -3.68. The molecule has 2 rings (SSSR count). The highest BCUT2D eigenvalue weighted by atomic mass is 32.2. The maximum absolute atomic E-state index is 12.1. The number of ether oxygens (including phenoxy) is 2. The first-order valence-electron chi connectivity index (χ1n) is 5.83. The van der Waals surface area contributed by atoms with Gasteiger partial charge in [-0.25, -0.2) is 17.9 Å². The molecule has 1 saturated heterocycles. The lowest BCUT2D eigenvalue weighted by Gasteiger charge is -2.38. The van der Waals surface area contributed by atoms with Gasteiger partial charge >= 0.3 is 5.97 Å². The molecule has 0 saturated carbocycles. The summed E-state index contributed by atoms with van der Waals surface area (Å²) in [6.45, 7) is 4.33. The number of nitrogens with one attached hydrogen (secondary N) is 2. The van der Waals surface area contributed by atoms with Crippen LogP contribution in [0.5, 0.6) is 0 Å². The van der Waals surface area contributed by atoms with Crippen LogP contribution in [0.1, 0.15) is 24.3 Å². The molecule has 1 aromatic heterocycles. The van der Waals surface area contributed by atoms with Crippen molar-refractivity contribution in [2.24, 2.45) is 0 Å². The molecule has 0 atom stereocenters. The van der Waals surface area contributed by atoms with Gasteiger partial charge in [-0.3, -0.25) is 0 Å². The molecule has 19 heavy (non-hydrogen) atoms. The average molecular weight is 288 g/mol. The van der Waals surface area contributed by atoms with Crippen molar-refractivity contribution in [2.45, 2.75) is 24.3 Å². The number of esters is 1. The molecule has 0 aromatic carbocycles. The largest absolute Gasteiger partial charge is 0.461 e. The summed E-state index contributed by atoms with van der Waals surface area (Å²) in [5.41, 5.74) is -0.475. The lowest BCUT2D eigenvalue weighted by atomic mass is 10.0. The standard InChI is InChI=1S/C11H16N2O5S/c1-3-18-10(14)9-4-8(5-12-9)19(15,16)13-11(2)6-17-7-11/h4-5,12-13H,3,6-7H2,1-2H3. The van der Waals surface area contributed by atoms with E-state index in [9.17, 15) is 13.2 Å². The number of H-pyrrole nitrogens is 1. The molecule has 0 aliphatic carbocycles. The Bertz CT molecular complexity index is 574. The molecule has 8 heteroatoms. The van der Waals surface area contributed by atoms with Crippen LogP contribution in [-0.2, 0) is 19.5 Å². The Balaban J connectivity index is 2.15. The Kier molecular flexibility index (Phi) is 3.66. The number of sulfonamides is 1. The van der Waals surface area contributed by atoms with E-state index in [-0.39, 0.29) is 17.2 Å². The third-order valence-electron chi connectivity index (χ3n) is 2.68. The summed E-state index contributed by atoms with van der Waals surface area (Å²) in [5.74, 6) is -0.581. The summed E-state index contributed by atoms with van der Waals surface area (Å²) >= 11 is 0. The lowest BCUT2D eigenvalue weighted by Crippen LogP contribution is -2.59. The molecule has 1 fully saturated rings. The van der Waals surface area contributed by atoms with Crippen molar-refractivity contribution in [3.63, 3.8) is 0 Å². The van der Waals surface area contributed by atoms with Crippen molar-refractivity contribution >= 4 is 16.0 Å². The van der Waals surface area contributed by atoms with Crippen LogP contribution in [0.4, 0.5) is 0 Å². The first kappa shape index (κ1) is 14.0. The number of carbonyl (C=O) groups excluding carboxylic acids is 1. The smallest absolute Gasteiger partial charge is 0.354 e. The van der Waals surface area contributed by atoms with Gasteiger partial charge in [0.2, 0.25) is 10.0 Å². The zero-order chi connectivity index (χ0) is 14.1. The zero-order valence-electron chi connectivity index (χ0n) is 10.7. The number of hydrogen-bond donors (Lipinski definition) is 2. The third kappa shape index (κ3) is 2.96. The molecule has 0 amide bonds. The second kappa shape index (κ2) is 4.95. The van der Waals surface area contributed by atoms with Crippen molar-refractivity contribution < 1.29 is 22.7 Å². The zero-order valence-corrected chi connectivity index (χ0v) is 11.5. The summed E-state index contributed by atoms with van der Waals surface area (Å²) in [5, 5.41) is 0. The molecule has 0 radical (unpaired) electrons. The van der Waals surface area contributed by atoms with E-state index >= 15 is 0 Å².